The fourth-order valence-corrected chi connectivity index (χ4v) is 23.0. The van der Waals surface area contributed by atoms with Gasteiger partial charge in [0.05, 0.1) is 44.3 Å². The quantitative estimate of drug-likeness (QED) is 0.163. The van der Waals surface area contributed by atoms with E-state index < -0.39 is 16.2 Å². The van der Waals surface area contributed by atoms with Crippen LogP contribution in [-0.2, 0) is 16.2 Å². The third-order valence-corrected chi connectivity index (χ3v) is 26.6. The van der Waals surface area contributed by atoms with Gasteiger partial charge in [-0.15, -0.1) is 0 Å². The molecule has 18 aromatic rings. The number of para-hydroxylation sites is 2. The van der Waals surface area contributed by atoms with E-state index in [0.717, 1.165) is 45.2 Å². The number of anilines is 6. The minimum Gasteiger partial charge on any atom is -0.311 e. The summed E-state index contributed by atoms with van der Waals surface area (Å²) >= 11 is 0. The second-order valence-electron chi connectivity index (χ2n) is 31.0. The van der Waals surface area contributed by atoms with Gasteiger partial charge in [0.1, 0.15) is 0 Å². The maximum absolute atomic E-state index is 2.82. The number of fused-ring (bicyclic) bond motifs is 38. The second kappa shape index (κ2) is 20.8. The monoisotopic (exact) mass is 1380 g/mol. The summed E-state index contributed by atoms with van der Waals surface area (Å²) in [5.74, 6) is 0. The summed E-state index contributed by atoms with van der Waals surface area (Å²) in [6, 6.07) is 146. The van der Waals surface area contributed by atoms with Gasteiger partial charge in [-0.2, -0.15) is 0 Å². The molecule has 0 radical (unpaired) electrons. The van der Waals surface area contributed by atoms with Crippen molar-refractivity contribution in [3.8, 4) is 83.6 Å². The van der Waals surface area contributed by atoms with E-state index in [2.05, 4.69) is 390 Å². The Labute approximate surface area is 631 Å². The van der Waals surface area contributed by atoms with E-state index in [-0.39, 0.29) is 6.71 Å². The van der Waals surface area contributed by atoms with Crippen LogP contribution < -0.4 is 26.2 Å². The molecule has 3 spiro atoms. The molecule has 3 nitrogen and oxygen atoms in total. The molecule has 0 saturated carbocycles. The van der Waals surface area contributed by atoms with Crippen LogP contribution in [-0.4, -0.2) is 11.3 Å². The number of rotatable bonds is 4. The molecular formula is C105H62BN3. The van der Waals surface area contributed by atoms with E-state index >= 15 is 0 Å². The zero-order valence-corrected chi connectivity index (χ0v) is 59.2. The van der Waals surface area contributed by atoms with Gasteiger partial charge >= 0.3 is 0 Å². The summed E-state index contributed by atoms with van der Waals surface area (Å²) in [6.07, 6.45) is 0. The first-order valence-electron chi connectivity index (χ1n) is 38.4. The van der Waals surface area contributed by atoms with Gasteiger partial charge in [0.15, 0.2) is 0 Å². The van der Waals surface area contributed by atoms with Crippen molar-refractivity contribution >= 4 is 79.0 Å². The van der Waals surface area contributed by atoms with E-state index in [1.165, 1.54) is 177 Å². The molecule has 0 N–H and O–H groups in total. The Bertz CT molecular complexity index is 6950. The van der Waals surface area contributed by atoms with Crippen molar-refractivity contribution in [2.24, 2.45) is 0 Å². The number of aromatic nitrogens is 1. The van der Waals surface area contributed by atoms with Gasteiger partial charge in [-0.1, -0.05) is 328 Å². The van der Waals surface area contributed by atoms with Crippen LogP contribution in [0.15, 0.2) is 376 Å². The van der Waals surface area contributed by atoms with Gasteiger partial charge in [0, 0.05) is 44.6 Å². The summed E-state index contributed by atoms with van der Waals surface area (Å²) in [6.45, 7) is -0.334. The highest BCUT2D eigenvalue weighted by atomic mass is 15.2. The number of nitrogens with zero attached hydrogens (tertiary/aromatic N) is 3. The molecule has 17 aromatic carbocycles. The van der Waals surface area contributed by atoms with Gasteiger partial charge in [0.2, 0.25) is 0 Å². The zero-order valence-electron chi connectivity index (χ0n) is 59.2. The number of benzene rings is 17. The number of hydrogen-bond acceptors (Lipinski definition) is 2. The molecule has 4 heteroatoms. The molecule has 500 valence electrons. The lowest BCUT2D eigenvalue weighted by Crippen LogP contribution is -2.63. The zero-order chi connectivity index (χ0) is 70.7. The van der Waals surface area contributed by atoms with Crippen molar-refractivity contribution < 1.29 is 0 Å². The Hall–Kier alpha value is -13.8. The first kappa shape index (κ1) is 58.5. The first-order chi connectivity index (χ1) is 54.1. The average molecular weight is 1380 g/mol. The van der Waals surface area contributed by atoms with E-state index in [1.54, 1.807) is 0 Å². The molecule has 26 rings (SSSR count). The van der Waals surface area contributed by atoms with Gasteiger partial charge < -0.3 is 14.4 Å². The van der Waals surface area contributed by atoms with Gasteiger partial charge in [-0.3, -0.25) is 0 Å². The summed E-state index contributed by atoms with van der Waals surface area (Å²) in [5, 5.41) is 2.44. The van der Waals surface area contributed by atoms with Crippen molar-refractivity contribution in [1.82, 2.24) is 4.57 Å². The maximum atomic E-state index is 2.82. The van der Waals surface area contributed by atoms with Crippen LogP contribution in [0, 0.1) is 0 Å². The Morgan fingerprint density at radius 1 is 0.211 bits per heavy atom. The third kappa shape index (κ3) is 6.88. The molecule has 0 atom stereocenters. The summed E-state index contributed by atoms with van der Waals surface area (Å²) in [4.78, 5) is 5.57. The minimum atomic E-state index is -0.726. The van der Waals surface area contributed by atoms with E-state index in [1.807, 2.05) is 0 Å². The highest BCUT2D eigenvalue weighted by Gasteiger charge is 2.60. The summed E-state index contributed by atoms with van der Waals surface area (Å²) in [5.41, 5.74) is 45.6. The molecule has 0 bridgehead atoms. The molecule has 0 saturated heterocycles. The predicted octanol–water partition coefficient (Wildman–Crippen LogP) is 23.6. The van der Waals surface area contributed by atoms with Crippen LogP contribution in [0.25, 0.3) is 105 Å². The predicted molar refractivity (Wildman–Crippen MR) is 449 cm³/mol. The van der Waals surface area contributed by atoms with Gasteiger partial charge in [-0.25, -0.2) is 0 Å². The van der Waals surface area contributed by atoms with Crippen LogP contribution in [0.1, 0.15) is 66.8 Å². The molecule has 2 aliphatic heterocycles. The van der Waals surface area contributed by atoms with Crippen LogP contribution in [0.5, 0.6) is 0 Å². The summed E-state index contributed by atoms with van der Waals surface area (Å²) in [7, 11) is 0. The molecule has 109 heavy (non-hydrogen) atoms. The Morgan fingerprint density at radius 3 is 1.09 bits per heavy atom. The van der Waals surface area contributed by atoms with Gasteiger partial charge in [-0.05, 0) is 198 Å². The topological polar surface area (TPSA) is 11.4 Å². The van der Waals surface area contributed by atoms with E-state index in [9.17, 15) is 0 Å². The largest absolute Gasteiger partial charge is 0.311 e. The normalized spacial score (nSPS) is 15.0. The lowest BCUT2D eigenvalue weighted by atomic mass is 9.32. The van der Waals surface area contributed by atoms with Crippen molar-refractivity contribution in [3.05, 3.63) is 443 Å². The molecule has 3 heterocycles. The van der Waals surface area contributed by atoms with E-state index in [0.29, 0.717) is 0 Å². The SMILES string of the molecule is c1ccc(-c2ccc3c(c2)B2c4c(cc(-n5c6ccccc6c6ccccc65)cc4N(c4cccc5c4C4(c6ccccc6-c6ccccc64)c4ccccc4-5)c4ccc5c(c42)C2(c4ccccc4-c4ccccc42)c2ccccc2-5)N3c2cccc3c2-c2ccccc2C32c3ccccc3-c3ccccc32)cc1. The van der Waals surface area contributed by atoms with Crippen molar-refractivity contribution in [3.63, 3.8) is 0 Å². The standard InChI is InChI=1S/C105H62BN3/c1-2-28-63(29-3-1)64-56-58-92-89(60-64)106-101-96(108(92)93-54-27-51-88-98(93)78-40-12-23-50-87(78)103(88)79-42-15-4-30-66(79)67-31-5-16-43-80(67)103)61-65(107-90-52-24-13-38-74(90)75-39-14-25-53-91(75)107)62-97(101)109(94-55-26-41-76-72-36-10-21-48-85(72)104(99(76)94)81-44-17-6-32-68(81)69-33-7-18-45-82(69)104)95-59-57-77-73-37-11-22-49-86(73)105(100(77)102(95)106)83-46-19-8-34-70(83)71-35-9-20-47-84(71)105/h1-62H. The third-order valence-electron chi connectivity index (χ3n) is 26.6. The van der Waals surface area contributed by atoms with Crippen LogP contribution >= 0.6 is 0 Å². The summed E-state index contributed by atoms with van der Waals surface area (Å²) < 4.78 is 2.58. The fraction of sp³-hybridized carbons (Fsp3) is 0.0286. The highest BCUT2D eigenvalue weighted by Crippen LogP contribution is 2.70. The Morgan fingerprint density at radius 2 is 0.578 bits per heavy atom. The molecule has 0 amide bonds. The van der Waals surface area contributed by atoms with Crippen LogP contribution in [0.4, 0.5) is 34.1 Å². The molecule has 1 aromatic heterocycles. The molecule has 6 aliphatic carbocycles. The lowest BCUT2D eigenvalue weighted by molar-refractivity contribution is 0.792. The second-order valence-corrected chi connectivity index (χ2v) is 31.0. The smallest absolute Gasteiger partial charge is 0.252 e. The minimum absolute atomic E-state index is 0.334. The Balaban J connectivity index is 0.870. The van der Waals surface area contributed by atoms with E-state index in [4.69, 9.17) is 0 Å². The Kier molecular flexibility index (Phi) is 11.2. The highest BCUT2D eigenvalue weighted by molar-refractivity contribution is 7.01. The molecular weight excluding hydrogens is 1310 g/mol. The van der Waals surface area contributed by atoms with Crippen LogP contribution in [0.2, 0.25) is 0 Å². The van der Waals surface area contributed by atoms with Gasteiger partial charge in [0.25, 0.3) is 6.71 Å². The van der Waals surface area contributed by atoms with Crippen molar-refractivity contribution in [1.29, 1.82) is 0 Å². The fourth-order valence-electron chi connectivity index (χ4n) is 23.0. The van der Waals surface area contributed by atoms with Crippen LogP contribution in [0.3, 0.4) is 0 Å². The lowest BCUT2D eigenvalue weighted by Gasteiger charge is -2.47. The maximum Gasteiger partial charge on any atom is 0.252 e. The average Bonchev–Trinajstić information content (AvgIpc) is 1.61. The van der Waals surface area contributed by atoms with Crippen molar-refractivity contribution in [2.45, 2.75) is 16.2 Å². The first-order valence-corrected chi connectivity index (χ1v) is 38.4. The molecule has 8 aliphatic rings. The molecule has 0 fully saturated rings. The number of hydrogen-bond donors (Lipinski definition) is 0. The van der Waals surface area contributed by atoms with Crippen molar-refractivity contribution in [2.75, 3.05) is 9.80 Å². The molecule has 0 unspecified atom stereocenters.